The van der Waals surface area contributed by atoms with Crippen LogP contribution in [0.4, 0.5) is 0 Å². The van der Waals surface area contributed by atoms with Gasteiger partial charge in [-0.1, -0.05) is 26.0 Å². The lowest BCUT2D eigenvalue weighted by molar-refractivity contribution is 0.392. The second kappa shape index (κ2) is 6.73. The van der Waals surface area contributed by atoms with Gasteiger partial charge in [0.2, 0.25) is 0 Å². The van der Waals surface area contributed by atoms with Crippen LogP contribution in [-0.2, 0) is 13.0 Å². The van der Waals surface area contributed by atoms with Crippen molar-refractivity contribution < 1.29 is 0 Å². The summed E-state index contributed by atoms with van der Waals surface area (Å²) in [5, 5.41) is 12.8. The molecule has 2 rings (SSSR count). The molecule has 1 aromatic heterocycles. The van der Waals surface area contributed by atoms with Crippen LogP contribution < -0.4 is 5.32 Å². The van der Waals surface area contributed by atoms with Crippen LogP contribution >= 0.6 is 0 Å². The highest BCUT2D eigenvalue weighted by atomic mass is 15.1. The minimum absolute atomic E-state index is 0.480. The van der Waals surface area contributed by atoms with Crippen molar-refractivity contribution in [2.24, 2.45) is 0 Å². The summed E-state index contributed by atoms with van der Waals surface area (Å²) in [7, 11) is 0. The molecule has 112 valence electrons. The zero-order chi connectivity index (χ0) is 15.3. The molecule has 2 aromatic rings. The molecule has 0 radical (unpaired) electrons. The van der Waals surface area contributed by atoms with Crippen LogP contribution in [0, 0.1) is 11.3 Å². The molecule has 1 N–H and O–H groups in total. The van der Waals surface area contributed by atoms with Gasteiger partial charge in [0.25, 0.3) is 0 Å². The summed E-state index contributed by atoms with van der Waals surface area (Å²) in [6, 6.07) is 10.6. The van der Waals surface area contributed by atoms with Gasteiger partial charge in [-0.2, -0.15) is 5.26 Å². The molecule has 1 unspecified atom stereocenters. The fraction of sp³-hybridized carbons (Fsp3) is 0.529. The number of nitriles is 1. The molecule has 1 aromatic carbocycles. The van der Waals surface area contributed by atoms with E-state index in [-0.39, 0.29) is 0 Å². The number of fused-ring (bicyclic) bond motifs is 1. The first-order valence-corrected chi connectivity index (χ1v) is 7.74. The van der Waals surface area contributed by atoms with Crippen molar-refractivity contribution in [3.63, 3.8) is 0 Å². The maximum Gasteiger partial charge on any atom is 0.109 e. The van der Waals surface area contributed by atoms with Crippen LogP contribution in [0.5, 0.6) is 0 Å². The molecule has 0 aliphatic rings. The number of para-hydroxylation sites is 2. The number of nitrogens with one attached hydrogen (secondary N) is 1. The summed E-state index contributed by atoms with van der Waals surface area (Å²) in [6.07, 6.45) is 2.71. The third kappa shape index (κ3) is 3.43. The topological polar surface area (TPSA) is 53.6 Å². The number of nitrogens with zero attached hydrogens (tertiary/aromatic N) is 3. The van der Waals surface area contributed by atoms with Gasteiger partial charge in [0.05, 0.1) is 17.1 Å². The van der Waals surface area contributed by atoms with Crippen molar-refractivity contribution in [1.29, 1.82) is 5.26 Å². The fourth-order valence-corrected chi connectivity index (χ4v) is 2.56. The molecule has 0 saturated heterocycles. The molecule has 0 fully saturated rings. The van der Waals surface area contributed by atoms with Gasteiger partial charge in [0.15, 0.2) is 0 Å². The van der Waals surface area contributed by atoms with Gasteiger partial charge < -0.3 is 4.57 Å². The Kier molecular flexibility index (Phi) is 4.98. The number of aryl methyl sites for hydroxylation is 2. The summed E-state index contributed by atoms with van der Waals surface area (Å²) in [5.41, 5.74) is 1.71. The van der Waals surface area contributed by atoms with E-state index in [1.165, 1.54) is 0 Å². The van der Waals surface area contributed by atoms with E-state index >= 15 is 0 Å². The van der Waals surface area contributed by atoms with Gasteiger partial charge >= 0.3 is 0 Å². The number of benzene rings is 1. The van der Waals surface area contributed by atoms with E-state index in [2.05, 4.69) is 40.9 Å². The number of rotatable bonds is 7. The molecule has 0 bridgehead atoms. The van der Waals surface area contributed by atoms with Gasteiger partial charge in [-0.05, 0) is 38.4 Å². The van der Waals surface area contributed by atoms with Gasteiger partial charge in [0, 0.05) is 13.0 Å². The molecule has 0 amide bonds. The molecule has 4 heteroatoms. The average molecular weight is 284 g/mol. The Bertz CT molecular complexity index is 638. The monoisotopic (exact) mass is 284 g/mol. The summed E-state index contributed by atoms with van der Waals surface area (Å²) in [4.78, 5) is 4.68. The molecular formula is C17H24N4. The zero-order valence-electron chi connectivity index (χ0n) is 13.2. The molecule has 0 aliphatic carbocycles. The number of hydrogen-bond donors (Lipinski definition) is 1. The number of imidazole rings is 1. The first kappa shape index (κ1) is 15.5. The average Bonchev–Trinajstić information content (AvgIpc) is 2.89. The number of hydrogen-bond acceptors (Lipinski definition) is 3. The minimum atomic E-state index is -0.480. The third-order valence-corrected chi connectivity index (χ3v) is 3.90. The predicted molar refractivity (Wildman–Crippen MR) is 86.0 cm³/mol. The van der Waals surface area contributed by atoms with E-state index in [1.54, 1.807) is 0 Å². The Morgan fingerprint density at radius 3 is 2.76 bits per heavy atom. The predicted octanol–water partition coefficient (Wildman–Crippen LogP) is 3.27. The largest absolute Gasteiger partial charge is 0.328 e. The van der Waals surface area contributed by atoms with Crippen LogP contribution in [0.25, 0.3) is 11.0 Å². The van der Waals surface area contributed by atoms with E-state index in [1.807, 2.05) is 25.1 Å². The molecule has 0 aliphatic heterocycles. The lowest BCUT2D eigenvalue weighted by Crippen LogP contribution is -2.42. The van der Waals surface area contributed by atoms with Crippen LogP contribution in [0.1, 0.15) is 39.4 Å². The van der Waals surface area contributed by atoms with Gasteiger partial charge in [-0.25, -0.2) is 4.98 Å². The highest BCUT2D eigenvalue weighted by Gasteiger charge is 2.23. The van der Waals surface area contributed by atoms with Gasteiger partial charge in [0.1, 0.15) is 11.4 Å². The quantitative estimate of drug-likeness (QED) is 0.849. The zero-order valence-corrected chi connectivity index (χ0v) is 13.2. The van der Waals surface area contributed by atoms with Crippen LogP contribution in [0.15, 0.2) is 24.3 Å². The molecule has 0 spiro atoms. The molecular weight excluding hydrogens is 260 g/mol. The van der Waals surface area contributed by atoms with Crippen molar-refractivity contribution >= 4 is 11.0 Å². The summed E-state index contributed by atoms with van der Waals surface area (Å²) >= 11 is 0. The standard InChI is InChI=1S/C17H24N4/c1-4-11-19-17(3,13-18)10-12-21-15-9-7-6-8-14(15)20-16(21)5-2/h6-9,19H,4-5,10-12H2,1-3H3. The highest BCUT2D eigenvalue weighted by molar-refractivity contribution is 5.75. The Balaban J connectivity index is 2.21. The van der Waals surface area contributed by atoms with Crippen LogP contribution in [0.3, 0.4) is 0 Å². The van der Waals surface area contributed by atoms with E-state index in [9.17, 15) is 5.26 Å². The maximum atomic E-state index is 9.44. The van der Waals surface area contributed by atoms with Crippen LogP contribution in [0.2, 0.25) is 0 Å². The lowest BCUT2D eigenvalue weighted by Gasteiger charge is -2.23. The smallest absolute Gasteiger partial charge is 0.109 e. The van der Waals surface area contributed by atoms with Crippen molar-refractivity contribution in [2.75, 3.05) is 6.54 Å². The van der Waals surface area contributed by atoms with Crippen molar-refractivity contribution in [2.45, 2.75) is 52.1 Å². The summed E-state index contributed by atoms with van der Waals surface area (Å²) in [5.74, 6) is 1.09. The summed E-state index contributed by atoms with van der Waals surface area (Å²) in [6.45, 7) is 7.90. The molecule has 1 atom stereocenters. The Labute approximate surface area is 126 Å². The van der Waals surface area contributed by atoms with Crippen molar-refractivity contribution in [3.8, 4) is 6.07 Å². The van der Waals surface area contributed by atoms with E-state index in [4.69, 9.17) is 0 Å². The van der Waals surface area contributed by atoms with Crippen molar-refractivity contribution in [1.82, 2.24) is 14.9 Å². The molecule has 21 heavy (non-hydrogen) atoms. The number of aromatic nitrogens is 2. The van der Waals surface area contributed by atoms with Crippen molar-refractivity contribution in [3.05, 3.63) is 30.1 Å². The van der Waals surface area contributed by atoms with E-state index in [0.717, 1.165) is 49.2 Å². The third-order valence-electron chi connectivity index (χ3n) is 3.90. The minimum Gasteiger partial charge on any atom is -0.328 e. The molecule has 0 saturated carbocycles. The SMILES string of the molecule is CCCNC(C)(C#N)CCn1c(CC)nc2ccccc21. The Morgan fingerprint density at radius 1 is 1.33 bits per heavy atom. The van der Waals surface area contributed by atoms with E-state index in [0.29, 0.717) is 0 Å². The lowest BCUT2D eigenvalue weighted by atomic mass is 9.99. The maximum absolute atomic E-state index is 9.44. The van der Waals surface area contributed by atoms with Gasteiger partial charge in [-0.15, -0.1) is 0 Å². The first-order chi connectivity index (χ1) is 10.1. The second-order valence-corrected chi connectivity index (χ2v) is 5.64. The normalized spacial score (nSPS) is 14.0. The second-order valence-electron chi connectivity index (χ2n) is 5.64. The summed E-state index contributed by atoms with van der Waals surface area (Å²) < 4.78 is 2.25. The highest BCUT2D eigenvalue weighted by Crippen LogP contribution is 2.19. The molecule has 1 heterocycles. The Hall–Kier alpha value is -1.86. The fourth-order valence-electron chi connectivity index (χ4n) is 2.56. The Morgan fingerprint density at radius 2 is 2.10 bits per heavy atom. The first-order valence-electron chi connectivity index (χ1n) is 7.74. The molecule has 4 nitrogen and oxygen atoms in total. The van der Waals surface area contributed by atoms with E-state index < -0.39 is 5.54 Å². The van der Waals surface area contributed by atoms with Gasteiger partial charge in [-0.3, -0.25) is 5.32 Å². The van der Waals surface area contributed by atoms with Crippen LogP contribution in [-0.4, -0.2) is 21.6 Å².